The predicted octanol–water partition coefficient (Wildman–Crippen LogP) is 4.72. The van der Waals surface area contributed by atoms with E-state index in [0.29, 0.717) is 5.92 Å². The molecule has 2 aromatic rings. The molecular weight excluding hydrogens is 206 g/mol. The predicted molar refractivity (Wildman–Crippen MR) is 73.5 cm³/mol. The van der Waals surface area contributed by atoms with Gasteiger partial charge >= 0.3 is 0 Å². The van der Waals surface area contributed by atoms with E-state index in [-0.39, 0.29) is 0 Å². The van der Waals surface area contributed by atoms with Gasteiger partial charge in [0.2, 0.25) is 0 Å². The molecule has 17 heavy (non-hydrogen) atoms. The van der Waals surface area contributed by atoms with Crippen molar-refractivity contribution in [3.8, 4) is 0 Å². The Morgan fingerprint density at radius 2 is 2.29 bits per heavy atom. The van der Waals surface area contributed by atoms with E-state index in [9.17, 15) is 0 Å². The monoisotopic (exact) mass is 225 g/mol. The second kappa shape index (κ2) is 4.06. The molecule has 0 bridgehead atoms. The maximum atomic E-state index is 3.85. The highest BCUT2D eigenvalue weighted by molar-refractivity contribution is 5.88. The number of hydrogen-bond donors (Lipinski definition) is 1. The fraction of sp³-hybridized carbons (Fsp3) is 0.375. The third-order valence-corrected chi connectivity index (χ3v) is 3.84. The molecular formula is C16H19N. The van der Waals surface area contributed by atoms with Gasteiger partial charge in [-0.1, -0.05) is 25.1 Å². The molecule has 3 rings (SSSR count). The number of nitrogens with one attached hydrogen (secondary N) is 1. The minimum atomic E-state index is 0.557. The summed E-state index contributed by atoms with van der Waals surface area (Å²) in [7, 11) is 0. The molecule has 1 saturated carbocycles. The molecule has 88 valence electrons. The van der Waals surface area contributed by atoms with E-state index in [1.807, 2.05) is 6.08 Å². The van der Waals surface area contributed by atoms with Crippen molar-refractivity contribution >= 4 is 10.9 Å². The Labute approximate surface area is 103 Å². The highest BCUT2D eigenvalue weighted by atomic mass is 14.7. The highest BCUT2D eigenvalue weighted by Gasteiger charge is 2.27. The molecule has 1 nitrogen and oxygen atoms in total. The van der Waals surface area contributed by atoms with E-state index in [4.69, 9.17) is 0 Å². The van der Waals surface area contributed by atoms with Gasteiger partial charge in [-0.15, -0.1) is 6.58 Å². The Kier molecular flexibility index (Phi) is 2.54. The van der Waals surface area contributed by atoms with Gasteiger partial charge < -0.3 is 4.98 Å². The number of H-pyrrole nitrogens is 1. The molecule has 1 aliphatic carbocycles. The summed E-state index contributed by atoms with van der Waals surface area (Å²) in [6.45, 7) is 6.14. The van der Waals surface area contributed by atoms with Crippen molar-refractivity contribution in [2.75, 3.05) is 0 Å². The molecule has 0 amide bonds. The first-order valence-electron chi connectivity index (χ1n) is 6.52. The Hall–Kier alpha value is -1.50. The van der Waals surface area contributed by atoms with Crippen LogP contribution in [0.2, 0.25) is 0 Å². The van der Waals surface area contributed by atoms with Gasteiger partial charge in [-0.05, 0) is 48.3 Å². The number of benzene rings is 1. The number of rotatable bonds is 4. The second-order valence-corrected chi connectivity index (χ2v) is 5.21. The topological polar surface area (TPSA) is 15.8 Å². The molecule has 1 N–H and O–H groups in total. The Bertz CT molecular complexity index is 546. The number of aromatic nitrogens is 1. The van der Waals surface area contributed by atoms with Crippen LogP contribution in [0.15, 0.2) is 37.1 Å². The van der Waals surface area contributed by atoms with Crippen LogP contribution in [0.5, 0.6) is 0 Å². The Morgan fingerprint density at radius 1 is 1.47 bits per heavy atom. The summed E-state index contributed by atoms with van der Waals surface area (Å²) in [5.41, 5.74) is 4.30. The summed E-state index contributed by atoms with van der Waals surface area (Å²) < 4.78 is 0. The smallest absolute Gasteiger partial charge is 0.0459 e. The largest absolute Gasteiger partial charge is 0.361 e. The average Bonchev–Trinajstić information content (AvgIpc) is 3.08. The third kappa shape index (κ3) is 1.80. The molecule has 1 aliphatic rings. The molecule has 0 saturated heterocycles. The zero-order valence-corrected chi connectivity index (χ0v) is 10.4. The minimum absolute atomic E-state index is 0.557. The number of allylic oxidation sites excluding steroid dienone is 1. The lowest BCUT2D eigenvalue weighted by Gasteiger charge is -2.10. The summed E-state index contributed by atoms with van der Waals surface area (Å²) >= 11 is 0. The SMILES string of the molecule is C=CCC(C)c1c[nH]c2cccc(C3CC3)c12. The van der Waals surface area contributed by atoms with Gasteiger partial charge in [-0.3, -0.25) is 0 Å². The van der Waals surface area contributed by atoms with Crippen molar-refractivity contribution in [2.45, 2.75) is 38.0 Å². The summed E-state index contributed by atoms with van der Waals surface area (Å²) in [5, 5.41) is 1.48. The Morgan fingerprint density at radius 3 is 3.00 bits per heavy atom. The second-order valence-electron chi connectivity index (χ2n) is 5.21. The van der Waals surface area contributed by atoms with Crippen molar-refractivity contribution in [3.05, 3.63) is 48.2 Å². The standard InChI is InChI=1S/C16H19N/c1-3-5-11(2)14-10-17-15-7-4-6-13(16(14)15)12-8-9-12/h3-4,6-7,10-12,17H,1,5,8-9H2,2H3. The van der Waals surface area contributed by atoms with Gasteiger partial charge in [-0.25, -0.2) is 0 Å². The minimum Gasteiger partial charge on any atom is -0.361 e. The summed E-state index contributed by atoms with van der Waals surface area (Å²) in [6.07, 6.45) is 7.97. The number of fused-ring (bicyclic) bond motifs is 1. The van der Waals surface area contributed by atoms with Gasteiger partial charge in [0.25, 0.3) is 0 Å². The summed E-state index contributed by atoms with van der Waals surface area (Å²) in [4.78, 5) is 3.42. The quantitative estimate of drug-likeness (QED) is 0.724. The highest BCUT2D eigenvalue weighted by Crippen LogP contribution is 2.44. The number of aromatic amines is 1. The van der Waals surface area contributed by atoms with Crippen LogP contribution in [-0.2, 0) is 0 Å². The van der Waals surface area contributed by atoms with E-state index < -0.39 is 0 Å². The van der Waals surface area contributed by atoms with E-state index in [1.54, 1.807) is 5.56 Å². The normalized spacial score (nSPS) is 17.2. The fourth-order valence-electron chi connectivity index (χ4n) is 2.74. The van der Waals surface area contributed by atoms with Crippen molar-refractivity contribution in [1.82, 2.24) is 4.98 Å². The van der Waals surface area contributed by atoms with Gasteiger partial charge in [-0.2, -0.15) is 0 Å². The molecule has 1 atom stereocenters. The first kappa shape index (κ1) is 10.6. The lowest BCUT2D eigenvalue weighted by molar-refractivity contribution is 0.788. The van der Waals surface area contributed by atoms with Crippen LogP contribution >= 0.6 is 0 Å². The molecule has 1 fully saturated rings. The van der Waals surface area contributed by atoms with Gasteiger partial charge in [0, 0.05) is 17.1 Å². The molecule has 1 aromatic carbocycles. The first-order chi connectivity index (χ1) is 8.31. The molecule has 1 heteroatoms. The van der Waals surface area contributed by atoms with Crippen LogP contribution < -0.4 is 0 Å². The Balaban J connectivity index is 2.14. The zero-order valence-electron chi connectivity index (χ0n) is 10.4. The van der Waals surface area contributed by atoms with Crippen LogP contribution in [0.25, 0.3) is 10.9 Å². The van der Waals surface area contributed by atoms with Crippen LogP contribution in [0.3, 0.4) is 0 Å². The lowest BCUT2D eigenvalue weighted by atomic mass is 9.93. The third-order valence-electron chi connectivity index (χ3n) is 3.84. The molecule has 0 spiro atoms. The molecule has 0 radical (unpaired) electrons. The van der Waals surface area contributed by atoms with E-state index in [0.717, 1.165) is 12.3 Å². The molecule has 1 aromatic heterocycles. The van der Waals surface area contributed by atoms with Crippen LogP contribution in [0.1, 0.15) is 49.1 Å². The van der Waals surface area contributed by atoms with Gasteiger partial charge in [0.1, 0.15) is 0 Å². The van der Waals surface area contributed by atoms with Gasteiger partial charge in [0.05, 0.1) is 0 Å². The molecule has 1 heterocycles. The first-order valence-corrected chi connectivity index (χ1v) is 6.52. The molecule has 1 unspecified atom stereocenters. The van der Waals surface area contributed by atoms with E-state index in [1.165, 1.54) is 29.3 Å². The lowest BCUT2D eigenvalue weighted by Crippen LogP contribution is -1.92. The average molecular weight is 225 g/mol. The molecule has 0 aliphatic heterocycles. The van der Waals surface area contributed by atoms with Crippen LogP contribution in [-0.4, -0.2) is 4.98 Å². The maximum Gasteiger partial charge on any atom is 0.0459 e. The maximum absolute atomic E-state index is 3.85. The zero-order chi connectivity index (χ0) is 11.8. The van der Waals surface area contributed by atoms with Gasteiger partial charge in [0.15, 0.2) is 0 Å². The van der Waals surface area contributed by atoms with Crippen molar-refractivity contribution in [2.24, 2.45) is 0 Å². The van der Waals surface area contributed by atoms with Crippen molar-refractivity contribution in [3.63, 3.8) is 0 Å². The number of hydrogen-bond acceptors (Lipinski definition) is 0. The summed E-state index contributed by atoms with van der Waals surface area (Å²) in [6, 6.07) is 6.66. The van der Waals surface area contributed by atoms with Crippen molar-refractivity contribution in [1.29, 1.82) is 0 Å². The van der Waals surface area contributed by atoms with E-state index >= 15 is 0 Å². The van der Waals surface area contributed by atoms with Crippen LogP contribution in [0, 0.1) is 0 Å². The van der Waals surface area contributed by atoms with E-state index in [2.05, 4.69) is 42.9 Å². The van der Waals surface area contributed by atoms with Crippen molar-refractivity contribution < 1.29 is 0 Å². The van der Waals surface area contributed by atoms with Crippen LogP contribution in [0.4, 0.5) is 0 Å². The summed E-state index contributed by atoms with van der Waals surface area (Å²) in [5.74, 6) is 1.37. The fourth-order valence-corrected chi connectivity index (χ4v) is 2.74.